The summed E-state index contributed by atoms with van der Waals surface area (Å²) in [7, 11) is 0. The maximum absolute atomic E-state index is 12.7. The third-order valence-electron chi connectivity index (χ3n) is 1.19. The molecule has 1 heterocycles. The van der Waals surface area contributed by atoms with Gasteiger partial charge in [0.1, 0.15) is 4.60 Å². The van der Waals surface area contributed by atoms with Crippen LogP contribution in [0.3, 0.4) is 0 Å². The van der Waals surface area contributed by atoms with Crippen LogP contribution in [0.25, 0.3) is 0 Å². The number of pyridine rings is 1. The van der Waals surface area contributed by atoms with Gasteiger partial charge < -0.3 is 0 Å². The zero-order chi connectivity index (χ0) is 8.43. The van der Waals surface area contributed by atoms with Crippen LogP contribution in [0.1, 0.15) is 17.3 Å². The number of hydrogen-bond acceptors (Lipinski definition) is 2. The van der Waals surface area contributed by atoms with Gasteiger partial charge in [-0.1, -0.05) is 0 Å². The lowest BCUT2D eigenvalue weighted by molar-refractivity contribution is 0.101. The van der Waals surface area contributed by atoms with Crippen molar-refractivity contribution in [3.63, 3.8) is 0 Å². The van der Waals surface area contributed by atoms with Gasteiger partial charge in [-0.25, -0.2) is 4.98 Å². The summed E-state index contributed by atoms with van der Waals surface area (Å²) in [5, 5.41) is 0. The van der Waals surface area contributed by atoms with Gasteiger partial charge in [0.15, 0.2) is 5.78 Å². The van der Waals surface area contributed by atoms with Crippen LogP contribution in [0.2, 0.25) is 0 Å². The number of hydrogen-bond donors (Lipinski definition) is 0. The van der Waals surface area contributed by atoms with Crippen molar-refractivity contribution >= 4 is 21.7 Å². The van der Waals surface area contributed by atoms with Gasteiger partial charge in [0, 0.05) is 0 Å². The molecule has 0 saturated heterocycles. The summed E-state index contributed by atoms with van der Waals surface area (Å²) in [6.07, 6.45) is 0. The Balaban J connectivity index is 3.20. The SMILES string of the molecule is CC(=O)c1ccc(Br)nc1F. The van der Waals surface area contributed by atoms with E-state index in [4.69, 9.17) is 0 Å². The molecule has 0 bridgehead atoms. The third-order valence-corrected chi connectivity index (χ3v) is 1.64. The van der Waals surface area contributed by atoms with E-state index >= 15 is 0 Å². The van der Waals surface area contributed by atoms with Crippen LogP contribution in [0.4, 0.5) is 4.39 Å². The molecule has 0 saturated carbocycles. The number of Topliss-reactive ketones (excluding diaryl/α,β-unsaturated/α-hetero) is 1. The number of nitrogens with zero attached hydrogens (tertiary/aromatic N) is 1. The minimum atomic E-state index is -0.730. The Hall–Kier alpha value is -0.770. The molecule has 1 rings (SSSR count). The Labute approximate surface area is 71.6 Å². The summed E-state index contributed by atoms with van der Waals surface area (Å²) in [5.41, 5.74) is 0.0215. The molecular weight excluding hydrogens is 213 g/mol. The number of aromatic nitrogens is 1. The van der Waals surface area contributed by atoms with Gasteiger partial charge in [-0.3, -0.25) is 4.79 Å². The van der Waals surface area contributed by atoms with Gasteiger partial charge >= 0.3 is 0 Å². The van der Waals surface area contributed by atoms with Crippen molar-refractivity contribution in [1.82, 2.24) is 4.98 Å². The third kappa shape index (κ3) is 1.83. The van der Waals surface area contributed by atoms with Crippen LogP contribution in [-0.4, -0.2) is 10.8 Å². The summed E-state index contributed by atoms with van der Waals surface area (Å²) in [5.74, 6) is -1.05. The van der Waals surface area contributed by atoms with Crippen LogP contribution in [0.15, 0.2) is 16.7 Å². The monoisotopic (exact) mass is 217 g/mol. The van der Waals surface area contributed by atoms with Gasteiger partial charge in [0.25, 0.3) is 0 Å². The second-order valence-corrected chi connectivity index (χ2v) is 2.84. The molecule has 1 aromatic rings. The Morgan fingerprint density at radius 2 is 2.27 bits per heavy atom. The molecule has 4 heteroatoms. The molecule has 0 aliphatic carbocycles. The molecule has 58 valence electrons. The first-order valence-corrected chi connectivity index (χ1v) is 3.73. The largest absolute Gasteiger partial charge is 0.294 e. The molecule has 0 aliphatic heterocycles. The lowest BCUT2D eigenvalue weighted by Crippen LogP contribution is -1.98. The topological polar surface area (TPSA) is 30.0 Å². The quantitative estimate of drug-likeness (QED) is 0.534. The molecule has 0 aromatic carbocycles. The summed E-state index contributed by atoms with van der Waals surface area (Å²) in [6.45, 7) is 1.30. The van der Waals surface area contributed by atoms with Gasteiger partial charge in [-0.2, -0.15) is 4.39 Å². The minimum absolute atomic E-state index is 0.0215. The molecule has 11 heavy (non-hydrogen) atoms. The molecule has 0 unspecified atom stereocenters. The van der Waals surface area contributed by atoms with Crippen molar-refractivity contribution in [1.29, 1.82) is 0 Å². The van der Waals surface area contributed by atoms with Crippen molar-refractivity contribution < 1.29 is 9.18 Å². The summed E-state index contributed by atoms with van der Waals surface area (Å²) >= 11 is 2.98. The fraction of sp³-hybridized carbons (Fsp3) is 0.143. The maximum atomic E-state index is 12.7. The average Bonchev–Trinajstić information content (AvgIpc) is 1.85. The van der Waals surface area contributed by atoms with Crippen molar-refractivity contribution in [2.24, 2.45) is 0 Å². The highest BCUT2D eigenvalue weighted by molar-refractivity contribution is 9.10. The number of carbonyl (C=O) groups excluding carboxylic acids is 1. The highest BCUT2D eigenvalue weighted by Crippen LogP contribution is 2.10. The van der Waals surface area contributed by atoms with E-state index in [0.717, 1.165) is 0 Å². The van der Waals surface area contributed by atoms with E-state index in [1.807, 2.05) is 0 Å². The van der Waals surface area contributed by atoms with E-state index in [-0.39, 0.29) is 11.3 Å². The van der Waals surface area contributed by atoms with Gasteiger partial charge in [-0.05, 0) is 35.0 Å². The molecule has 2 nitrogen and oxygen atoms in total. The van der Waals surface area contributed by atoms with Crippen LogP contribution < -0.4 is 0 Å². The fourth-order valence-corrected chi connectivity index (χ4v) is 0.963. The second kappa shape index (κ2) is 3.09. The van der Waals surface area contributed by atoms with Crippen LogP contribution in [0, 0.1) is 5.95 Å². The molecule has 0 aliphatic rings. The predicted octanol–water partition coefficient (Wildman–Crippen LogP) is 2.19. The van der Waals surface area contributed by atoms with Gasteiger partial charge in [0.2, 0.25) is 5.95 Å². The minimum Gasteiger partial charge on any atom is -0.294 e. The normalized spacial score (nSPS) is 9.73. The zero-order valence-electron chi connectivity index (χ0n) is 5.77. The molecule has 0 radical (unpaired) electrons. The Kier molecular flexibility index (Phi) is 2.34. The van der Waals surface area contributed by atoms with Gasteiger partial charge in [-0.15, -0.1) is 0 Å². The van der Waals surface area contributed by atoms with Crippen molar-refractivity contribution in [3.8, 4) is 0 Å². The zero-order valence-corrected chi connectivity index (χ0v) is 7.35. The molecule has 0 atom stereocenters. The molecule has 0 fully saturated rings. The van der Waals surface area contributed by atoms with Crippen LogP contribution >= 0.6 is 15.9 Å². The smallest absolute Gasteiger partial charge is 0.224 e. The van der Waals surface area contributed by atoms with Crippen molar-refractivity contribution in [2.75, 3.05) is 0 Å². The number of halogens is 2. The Morgan fingerprint density at radius 3 is 2.73 bits per heavy atom. The van der Waals surface area contributed by atoms with Crippen LogP contribution in [0.5, 0.6) is 0 Å². The van der Waals surface area contributed by atoms with Crippen molar-refractivity contribution in [2.45, 2.75) is 6.92 Å². The highest BCUT2D eigenvalue weighted by Gasteiger charge is 2.07. The van der Waals surface area contributed by atoms with E-state index in [0.29, 0.717) is 4.60 Å². The number of carbonyl (C=O) groups is 1. The first-order valence-electron chi connectivity index (χ1n) is 2.94. The fourth-order valence-electron chi connectivity index (χ4n) is 0.675. The Morgan fingerprint density at radius 1 is 1.64 bits per heavy atom. The first-order chi connectivity index (χ1) is 5.11. The predicted molar refractivity (Wildman–Crippen MR) is 41.9 cm³/mol. The van der Waals surface area contributed by atoms with E-state index < -0.39 is 5.95 Å². The van der Waals surface area contributed by atoms with E-state index in [2.05, 4.69) is 20.9 Å². The molecule has 0 spiro atoms. The number of ketones is 1. The number of rotatable bonds is 1. The molecule has 1 aromatic heterocycles. The summed E-state index contributed by atoms with van der Waals surface area (Å²) < 4.78 is 13.1. The average molecular weight is 218 g/mol. The molecule has 0 amide bonds. The molecular formula is C7H5BrFNO. The van der Waals surface area contributed by atoms with Crippen LogP contribution in [-0.2, 0) is 0 Å². The van der Waals surface area contributed by atoms with E-state index in [1.54, 1.807) is 0 Å². The summed E-state index contributed by atoms with van der Waals surface area (Å²) in [4.78, 5) is 14.1. The lowest BCUT2D eigenvalue weighted by Gasteiger charge is -1.96. The van der Waals surface area contributed by atoms with E-state index in [1.165, 1.54) is 19.1 Å². The standard InChI is InChI=1S/C7H5BrFNO/c1-4(11)5-2-3-6(8)10-7(5)9/h2-3H,1H3. The lowest BCUT2D eigenvalue weighted by atomic mass is 10.2. The first kappa shape index (κ1) is 8.33. The maximum Gasteiger partial charge on any atom is 0.224 e. The van der Waals surface area contributed by atoms with E-state index in [9.17, 15) is 9.18 Å². The van der Waals surface area contributed by atoms with Gasteiger partial charge in [0.05, 0.1) is 5.56 Å². The highest BCUT2D eigenvalue weighted by atomic mass is 79.9. The Bertz CT molecular complexity index is 300. The van der Waals surface area contributed by atoms with Crippen molar-refractivity contribution in [3.05, 3.63) is 28.2 Å². The summed E-state index contributed by atoms with van der Waals surface area (Å²) in [6, 6.07) is 2.93. The molecule has 0 N–H and O–H groups in total. The second-order valence-electron chi connectivity index (χ2n) is 2.03.